The van der Waals surface area contributed by atoms with Crippen molar-refractivity contribution in [1.29, 1.82) is 0 Å². The summed E-state index contributed by atoms with van der Waals surface area (Å²) in [4.78, 5) is 3.99. The molecule has 0 saturated heterocycles. The van der Waals surface area contributed by atoms with Gasteiger partial charge in [0.25, 0.3) is 5.22 Å². The van der Waals surface area contributed by atoms with Gasteiger partial charge in [0.05, 0.1) is 6.20 Å². The molecule has 0 atom stereocenters. The predicted octanol–water partition coefficient (Wildman–Crippen LogP) is 0.898. The number of nitrogens with two attached hydrogens (primary N) is 1. The Balaban J connectivity index is 2.59. The lowest BCUT2D eigenvalue weighted by Crippen LogP contribution is -2.01. The molecule has 1 aromatic rings. The maximum absolute atomic E-state index is 5.32. The minimum Gasteiger partial charge on any atom is -0.437 e. The third kappa shape index (κ3) is 1.75. The van der Waals surface area contributed by atoms with Gasteiger partial charge in [-0.15, -0.1) is 0 Å². The summed E-state index contributed by atoms with van der Waals surface area (Å²) in [6, 6.07) is 0. The van der Waals surface area contributed by atoms with Crippen LogP contribution in [0.2, 0.25) is 0 Å². The zero-order valence-corrected chi connectivity index (χ0v) is 6.65. The lowest BCUT2D eigenvalue weighted by atomic mass is 10.4. The van der Waals surface area contributed by atoms with E-state index in [0.717, 1.165) is 12.2 Å². The Hall–Kier alpha value is -0.480. The molecule has 1 rings (SSSR count). The highest BCUT2D eigenvalue weighted by molar-refractivity contribution is 7.98. The minimum atomic E-state index is 0.614. The summed E-state index contributed by atoms with van der Waals surface area (Å²) in [6.45, 7) is 0.614. The van der Waals surface area contributed by atoms with Gasteiger partial charge in [-0.2, -0.15) is 0 Å². The lowest BCUT2D eigenvalue weighted by Gasteiger charge is -1.87. The number of oxazole rings is 1. The average Bonchev–Trinajstić information content (AvgIpc) is 2.37. The topological polar surface area (TPSA) is 52.0 Å². The fourth-order valence-corrected chi connectivity index (χ4v) is 0.990. The van der Waals surface area contributed by atoms with Gasteiger partial charge < -0.3 is 10.2 Å². The molecule has 0 radical (unpaired) electrons. The maximum atomic E-state index is 5.32. The predicted molar refractivity (Wildman–Crippen MR) is 41.0 cm³/mol. The van der Waals surface area contributed by atoms with Crippen LogP contribution in [0.4, 0.5) is 0 Å². The molecule has 0 aliphatic carbocycles. The van der Waals surface area contributed by atoms with Gasteiger partial charge in [0.2, 0.25) is 0 Å². The number of rotatable bonds is 3. The normalized spacial score (nSPS) is 10.2. The average molecular weight is 158 g/mol. The Morgan fingerprint density at radius 3 is 3.10 bits per heavy atom. The summed E-state index contributed by atoms with van der Waals surface area (Å²) in [6.07, 6.45) is 4.42. The number of thioether (sulfide) groups is 1. The van der Waals surface area contributed by atoms with E-state index in [1.807, 2.05) is 6.26 Å². The quantitative estimate of drug-likeness (QED) is 0.664. The SMILES string of the molecule is CSc1ncc(CCN)o1. The van der Waals surface area contributed by atoms with Crippen LogP contribution in [0.3, 0.4) is 0 Å². The van der Waals surface area contributed by atoms with Crippen molar-refractivity contribution >= 4 is 11.8 Å². The Morgan fingerprint density at radius 2 is 2.60 bits per heavy atom. The van der Waals surface area contributed by atoms with E-state index in [0.29, 0.717) is 11.8 Å². The molecule has 10 heavy (non-hydrogen) atoms. The molecule has 0 fully saturated rings. The van der Waals surface area contributed by atoms with E-state index in [1.165, 1.54) is 11.8 Å². The standard InChI is InChI=1S/C6H10N2OS/c1-10-6-8-4-5(9-6)2-3-7/h4H,2-3,7H2,1H3. The van der Waals surface area contributed by atoms with Crippen LogP contribution in [0.25, 0.3) is 0 Å². The molecule has 0 aromatic carbocycles. The first-order valence-corrected chi connectivity index (χ1v) is 4.28. The van der Waals surface area contributed by atoms with E-state index in [1.54, 1.807) is 6.20 Å². The summed E-state index contributed by atoms with van der Waals surface area (Å²) in [5, 5.41) is 0.712. The van der Waals surface area contributed by atoms with E-state index < -0.39 is 0 Å². The van der Waals surface area contributed by atoms with Crippen molar-refractivity contribution in [3.8, 4) is 0 Å². The number of hydrogen-bond donors (Lipinski definition) is 1. The van der Waals surface area contributed by atoms with Crippen molar-refractivity contribution in [2.75, 3.05) is 12.8 Å². The first-order chi connectivity index (χ1) is 4.86. The van der Waals surface area contributed by atoms with Crippen LogP contribution in [0.5, 0.6) is 0 Å². The first kappa shape index (κ1) is 7.63. The molecule has 2 N–H and O–H groups in total. The smallest absolute Gasteiger partial charge is 0.255 e. The van der Waals surface area contributed by atoms with Crippen LogP contribution in [0, 0.1) is 0 Å². The summed E-state index contributed by atoms with van der Waals surface area (Å²) in [7, 11) is 0. The molecule has 4 heteroatoms. The molecule has 0 aliphatic rings. The van der Waals surface area contributed by atoms with Crippen LogP contribution < -0.4 is 5.73 Å². The summed E-state index contributed by atoms with van der Waals surface area (Å²) < 4.78 is 5.25. The number of aromatic nitrogens is 1. The summed E-state index contributed by atoms with van der Waals surface area (Å²) in [5.41, 5.74) is 5.32. The Labute approximate surface area is 64.0 Å². The minimum absolute atomic E-state index is 0.614. The lowest BCUT2D eigenvalue weighted by molar-refractivity contribution is 0.418. The number of hydrogen-bond acceptors (Lipinski definition) is 4. The monoisotopic (exact) mass is 158 g/mol. The van der Waals surface area contributed by atoms with Gasteiger partial charge in [-0.05, 0) is 12.8 Å². The molecule has 0 spiro atoms. The van der Waals surface area contributed by atoms with Gasteiger partial charge >= 0.3 is 0 Å². The van der Waals surface area contributed by atoms with Gasteiger partial charge in [-0.25, -0.2) is 4.98 Å². The Kier molecular flexibility index (Phi) is 2.77. The van der Waals surface area contributed by atoms with Crippen molar-refractivity contribution in [2.24, 2.45) is 5.73 Å². The highest BCUT2D eigenvalue weighted by Crippen LogP contribution is 2.13. The molecular weight excluding hydrogens is 148 g/mol. The van der Waals surface area contributed by atoms with Crippen molar-refractivity contribution in [3.05, 3.63) is 12.0 Å². The molecule has 0 unspecified atom stereocenters. The van der Waals surface area contributed by atoms with Gasteiger partial charge in [0.1, 0.15) is 5.76 Å². The fraction of sp³-hybridized carbons (Fsp3) is 0.500. The third-order valence-electron chi connectivity index (χ3n) is 1.10. The second kappa shape index (κ2) is 3.63. The second-order valence-electron chi connectivity index (χ2n) is 1.84. The fourth-order valence-electron chi connectivity index (χ4n) is 0.642. The molecule has 1 aromatic heterocycles. The Morgan fingerprint density at radius 1 is 1.80 bits per heavy atom. The molecule has 0 amide bonds. The van der Waals surface area contributed by atoms with Crippen molar-refractivity contribution in [1.82, 2.24) is 4.98 Å². The van der Waals surface area contributed by atoms with Crippen LogP contribution in [-0.4, -0.2) is 17.8 Å². The molecule has 0 bridgehead atoms. The zero-order chi connectivity index (χ0) is 7.40. The largest absolute Gasteiger partial charge is 0.437 e. The van der Waals surface area contributed by atoms with Crippen molar-refractivity contribution < 1.29 is 4.42 Å². The maximum Gasteiger partial charge on any atom is 0.255 e. The number of nitrogens with zero attached hydrogens (tertiary/aromatic N) is 1. The summed E-state index contributed by atoms with van der Waals surface area (Å²) in [5.74, 6) is 0.867. The van der Waals surface area contributed by atoms with Crippen LogP contribution in [0.15, 0.2) is 15.8 Å². The van der Waals surface area contributed by atoms with E-state index in [2.05, 4.69) is 4.98 Å². The third-order valence-corrected chi connectivity index (χ3v) is 1.64. The van der Waals surface area contributed by atoms with Crippen molar-refractivity contribution in [2.45, 2.75) is 11.6 Å². The molecule has 1 heterocycles. The van der Waals surface area contributed by atoms with E-state index in [-0.39, 0.29) is 0 Å². The molecule has 3 nitrogen and oxygen atoms in total. The van der Waals surface area contributed by atoms with Gasteiger partial charge in [0.15, 0.2) is 0 Å². The van der Waals surface area contributed by atoms with Gasteiger partial charge in [-0.3, -0.25) is 0 Å². The van der Waals surface area contributed by atoms with E-state index in [9.17, 15) is 0 Å². The second-order valence-corrected chi connectivity index (χ2v) is 2.59. The zero-order valence-electron chi connectivity index (χ0n) is 5.83. The summed E-state index contributed by atoms with van der Waals surface area (Å²) >= 11 is 1.50. The highest BCUT2D eigenvalue weighted by Gasteiger charge is 1.99. The highest BCUT2D eigenvalue weighted by atomic mass is 32.2. The van der Waals surface area contributed by atoms with Gasteiger partial charge in [-0.1, -0.05) is 11.8 Å². The molecule has 0 saturated carbocycles. The van der Waals surface area contributed by atoms with E-state index >= 15 is 0 Å². The van der Waals surface area contributed by atoms with Crippen LogP contribution >= 0.6 is 11.8 Å². The van der Waals surface area contributed by atoms with Crippen LogP contribution in [-0.2, 0) is 6.42 Å². The molecular formula is C6H10N2OS. The molecule has 56 valence electrons. The Bertz CT molecular complexity index is 199. The van der Waals surface area contributed by atoms with Crippen molar-refractivity contribution in [3.63, 3.8) is 0 Å². The van der Waals surface area contributed by atoms with Crippen LogP contribution in [0.1, 0.15) is 5.76 Å². The van der Waals surface area contributed by atoms with Gasteiger partial charge in [0, 0.05) is 6.42 Å². The first-order valence-electron chi connectivity index (χ1n) is 3.05. The van der Waals surface area contributed by atoms with E-state index in [4.69, 9.17) is 10.2 Å². The molecule has 0 aliphatic heterocycles.